The number of carbonyl (C=O) groups is 2. The van der Waals surface area contributed by atoms with Gasteiger partial charge in [0.05, 0.1) is 30.5 Å². The molecule has 16 heteroatoms. The summed E-state index contributed by atoms with van der Waals surface area (Å²) in [6.45, 7) is 0.0518. The number of methoxy groups -OCH3 is 1. The molecule has 0 bridgehead atoms. The average molecular weight is 678 g/mol. The monoisotopic (exact) mass is 677 g/mol. The van der Waals surface area contributed by atoms with Crippen molar-refractivity contribution in [3.63, 3.8) is 0 Å². The van der Waals surface area contributed by atoms with E-state index < -0.39 is 59.3 Å². The lowest BCUT2D eigenvalue weighted by atomic mass is 9.92. The van der Waals surface area contributed by atoms with Crippen LogP contribution in [0.4, 0.5) is 32.3 Å². The number of nitrogens with zero attached hydrogens (tertiary/aromatic N) is 2. The SMILES string of the molecule is COCCNc1ncc(-c2ccc(F)c(C(N)=O)c2)c([C@@H](Cc2cc(F)cc(F)c2)NC(=O)CNC2=C(C(=N)C(F)(F)F)CCCC2)n1. The molecule has 0 unspecified atom stereocenters. The fourth-order valence-corrected chi connectivity index (χ4v) is 5.28. The molecule has 256 valence electrons. The predicted molar refractivity (Wildman–Crippen MR) is 165 cm³/mol. The van der Waals surface area contributed by atoms with E-state index in [0.29, 0.717) is 18.9 Å². The van der Waals surface area contributed by atoms with Gasteiger partial charge in [-0.2, -0.15) is 13.2 Å². The molecule has 1 aromatic heterocycles. The van der Waals surface area contributed by atoms with Gasteiger partial charge in [0.15, 0.2) is 0 Å². The van der Waals surface area contributed by atoms with E-state index in [2.05, 4.69) is 25.9 Å². The number of halogens is 6. The third kappa shape index (κ3) is 9.30. The van der Waals surface area contributed by atoms with Crippen molar-refractivity contribution in [3.05, 3.63) is 88.1 Å². The van der Waals surface area contributed by atoms with Gasteiger partial charge in [0.2, 0.25) is 11.9 Å². The lowest BCUT2D eigenvalue weighted by molar-refractivity contribution is -0.120. The van der Waals surface area contributed by atoms with Crippen molar-refractivity contribution in [1.82, 2.24) is 20.6 Å². The number of amides is 2. The van der Waals surface area contributed by atoms with Crippen molar-refractivity contribution < 1.29 is 40.7 Å². The summed E-state index contributed by atoms with van der Waals surface area (Å²) in [5.74, 6) is -4.33. The first kappa shape index (κ1) is 35.9. The van der Waals surface area contributed by atoms with Gasteiger partial charge in [0, 0.05) is 42.8 Å². The van der Waals surface area contributed by atoms with Gasteiger partial charge in [-0.3, -0.25) is 15.0 Å². The standard InChI is InChI=1S/C32H33F6N7O3/c1-48-9-8-41-31-43-15-23(18-6-7-24(35)22(13-18)30(40)47)28(45-31)26(12-17-10-19(33)14-20(34)11-17)44-27(46)16-42-25-5-3-2-4-21(25)29(39)32(36,37)38/h6-7,10-11,13-15,26,39,42H,2-5,8-9,12,16H2,1H3,(H2,40,47)(H,44,46)(H,41,43,45)/t26-/m1/s1. The van der Waals surface area contributed by atoms with Crippen LogP contribution in [0.5, 0.6) is 0 Å². The number of carbonyl (C=O) groups excluding carboxylic acids is 2. The Labute approximate surface area is 271 Å². The summed E-state index contributed by atoms with van der Waals surface area (Å²) in [5, 5.41) is 16.0. The molecule has 6 N–H and O–H groups in total. The molecular weight excluding hydrogens is 644 g/mol. The van der Waals surface area contributed by atoms with Crippen LogP contribution in [0.2, 0.25) is 0 Å². The molecule has 1 aliphatic carbocycles. The number of rotatable bonds is 14. The lowest BCUT2D eigenvalue weighted by Gasteiger charge is -2.25. The summed E-state index contributed by atoms with van der Waals surface area (Å²) >= 11 is 0. The zero-order valence-electron chi connectivity index (χ0n) is 25.7. The molecule has 0 radical (unpaired) electrons. The number of nitrogens with two attached hydrogens (primary N) is 1. The highest BCUT2D eigenvalue weighted by Crippen LogP contribution is 2.32. The minimum absolute atomic E-state index is 0.0180. The maximum atomic E-state index is 14.4. The Kier molecular flexibility index (Phi) is 11.8. The molecule has 1 heterocycles. The molecule has 1 atom stereocenters. The first-order valence-corrected chi connectivity index (χ1v) is 14.8. The fourth-order valence-electron chi connectivity index (χ4n) is 5.28. The van der Waals surface area contributed by atoms with E-state index in [1.54, 1.807) is 0 Å². The minimum atomic E-state index is -4.86. The van der Waals surface area contributed by atoms with E-state index in [4.69, 9.17) is 15.9 Å². The van der Waals surface area contributed by atoms with Gasteiger partial charge >= 0.3 is 6.18 Å². The second-order valence-electron chi connectivity index (χ2n) is 11.0. The van der Waals surface area contributed by atoms with Gasteiger partial charge < -0.3 is 26.4 Å². The number of benzene rings is 2. The molecule has 10 nitrogen and oxygen atoms in total. The van der Waals surface area contributed by atoms with Crippen LogP contribution in [0.1, 0.15) is 53.3 Å². The number of alkyl halides is 3. The molecular formula is C32H33F6N7O3. The van der Waals surface area contributed by atoms with Crippen molar-refractivity contribution in [2.24, 2.45) is 5.73 Å². The number of hydrogen-bond donors (Lipinski definition) is 5. The molecule has 2 amide bonds. The second kappa shape index (κ2) is 15.7. The van der Waals surface area contributed by atoms with Gasteiger partial charge in [-0.05, 0) is 67.5 Å². The highest BCUT2D eigenvalue weighted by Gasteiger charge is 2.38. The highest BCUT2D eigenvalue weighted by atomic mass is 19.4. The molecule has 4 rings (SSSR count). The van der Waals surface area contributed by atoms with Crippen molar-refractivity contribution in [2.75, 3.05) is 32.1 Å². The van der Waals surface area contributed by atoms with E-state index in [0.717, 1.165) is 18.2 Å². The number of ether oxygens (including phenoxy) is 1. The van der Waals surface area contributed by atoms with Gasteiger partial charge in [-0.25, -0.2) is 23.1 Å². The first-order chi connectivity index (χ1) is 22.8. The average Bonchev–Trinajstić information content (AvgIpc) is 3.02. The molecule has 3 aromatic rings. The lowest BCUT2D eigenvalue weighted by Crippen LogP contribution is -2.39. The molecule has 0 spiro atoms. The van der Waals surface area contributed by atoms with Crippen LogP contribution in [-0.2, 0) is 16.0 Å². The number of allylic oxidation sites excluding steroid dienone is 2. The van der Waals surface area contributed by atoms with E-state index >= 15 is 0 Å². The molecule has 0 fully saturated rings. The van der Waals surface area contributed by atoms with Crippen LogP contribution in [0, 0.1) is 22.9 Å². The zero-order chi connectivity index (χ0) is 35.0. The Balaban J connectivity index is 1.75. The minimum Gasteiger partial charge on any atom is -0.383 e. The maximum Gasteiger partial charge on any atom is 0.432 e. The van der Waals surface area contributed by atoms with Crippen LogP contribution < -0.4 is 21.7 Å². The number of aromatic nitrogens is 2. The highest BCUT2D eigenvalue weighted by molar-refractivity contribution is 6.02. The quantitative estimate of drug-likeness (QED) is 0.0902. The summed E-state index contributed by atoms with van der Waals surface area (Å²) in [6.07, 6.45) is -2.51. The zero-order valence-corrected chi connectivity index (χ0v) is 25.7. The van der Waals surface area contributed by atoms with Gasteiger partial charge in [-0.1, -0.05) is 6.07 Å². The van der Waals surface area contributed by atoms with Crippen molar-refractivity contribution in [2.45, 2.75) is 44.3 Å². The topological polar surface area (TPSA) is 155 Å². The summed E-state index contributed by atoms with van der Waals surface area (Å²) in [6, 6.07) is 5.17. The molecule has 0 aliphatic heterocycles. The predicted octanol–water partition coefficient (Wildman–Crippen LogP) is 5.12. The molecule has 48 heavy (non-hydrogen) atoms. The Morgan fingerprint density at radius 1 is 1.04 bits per heavy atom. The molecule has 0 saturated heterocycles. The summed E-state index contributed by atoms with van der Waals surface area (Å²) in [4.78, 5) is 34.1. The Hall–Kier alpha value is -4.99. The van der Waals surface area contributed by atoms with Gasteiger partial charge in [-0.15, -0.1) is 0 Å². The Morgan fingerprint density at radius 2 is 1.75 bits per heavy atom. The number of anilines is 1. The summed E-state index contributed by atoms with van der Waals surface area (Å²) < 4.78 is 87.9. The van der Waals surface area contributed by atoms with Crippen LogP contribution >= 0.6 is 0 Å². The van der Waals surface area contributed by atoms with Crippen LogP contribution in [0.25, 0.3) is 11.1 Å². The summed E-state index contributed by atoms with van der Waals surface area (Å²) in [5.41, 5.74) is 4.00. The third-order valence-electron chi connectivity index (χ3n) is 7.49. The Bertz CT molecular complexity index is 1690. The van der Waals surface area contributed by atoms with Crippen LogP contribution in [0.15, 0.2) is 53.9 Å². The van der Waals surface area contributed by atoms with E-state index in [1.807, 2.05) is 0 Å². The van der Waals surface area contributed by atoms with Crippen molar-refractivity contribution in [3.8, 4) is 11.1 Å². The molecule has 0 saturated carbocycles. The number of primary amides is 1. The van der Waals surface area contributed by atoms with Crippen molar-refractivity contribution >= 4 is 23.5 Å². The number of nitrogens with one attached hydrogen (secondary N) is 4. The second-order valence-corrected chi connectivity index (χ2v) is 11.0. The fraction of sp³-hybridized carbons (Fsp3) is 0.344. The van der Waals surface area contributed by atoms with Gasteiger partial charge in [0.1, 0.15) is 23.2 Å². The first-order valence-electron chi connectivity index (χ1n) is 14.8. The van der Waals surface area contributed by atoms with Gasteiger partial charge in [0.25, 0.3) is 5.91 Å². The Morgan fingerprint density at radius 3 is 2.42 bits per heavy atom. The van der Waals surface area contributed by atoms with E-state index in [9.17, 15) is 35.9 Å². The van der Waals surface area contributed by atoms with Crippen molar-refractivity contribution in [1.29, 1.82) is 5.41 Å². The van der Waals surface area contributed by atoms with E-state index in [1.165, 1.54) is 25.4 Å². The third-order valence-corrected chi connectivity index (χ3v) is 7.49. The maximum absolute atomic E-state index is 14.4. The molecule has 1 aliphatic rings. The number of hydrogen-bond acceptors (Lipinski definition) is 8. The molecule has 2 aromatic carbocycles. The largest absolute Gasteiger partial charge is 0.432 e. The van der Waals surface area contributed by atoms with E-state index in [-0.39, 0.29) is 72.0 Å². The summed E-state index contributed by atoms with van der Waals surface area (Å²) in [7, 11) is 1.48. The smallest absolute Gasteiger partial charge is 0.383 e. The normalized spacial score (nSPS) is 14.0. The van der Waals surface area contributed by atoms with Crippen LogP contribution in [0.3, 0.4) is 0 Å². The van der Waals surface area contributed by atoms with Crippen LogP contribution in [-0.4, -0.2) is 60.5 Å².